The molecule has 0 fully saturated rings. The summed E-state index contributed by atoms with van der Waals surface area (Å²) >= 11 is 3.63. The molecular weight excluding hydrogens is 260 g/mol. The lowest BCUT2D eigenvalue weighted by Crippen LogP contribution is -1.98. The van der Waals surface area contributed by atoms with Crippen molar-refractivity contribution in [3.63, 3.8) is 0 Å². The fraction of sp³-hybridized carbons (Fsp3) is 0.571. The molecule has 0 bridgehead atoms. The Morgan fingerprint density at radius 3 is 2.17 bits per heavy atom. The summed E-state index contributed by atoms with van der Waals surface area (Å²) in [5.74, 6) is 2.22. The van der Waals surface area contributed by atoms with E-state index in [1.54, 1.807) is 11.8 Å². The molecule has 4 heteroatoms. The van der Waals surface area contributed by atoms with E-state index in [0.29, 0.717) is 0 Å². The Labute approximate surface area is 119 Å². The topological polar surface area (TPSA) is 52.0 Å². The molecule has 0 amide bonds. The molecule has 0 radical (unpaired) electrons. The van der Waals surface area contributed by atoms with E-state index in [2.05, 4.69) is 19.9 Å². The monoisotopic (exact) mass is 284 g/mol. The Balaban J connectivity index is 2.72. The molecular formula is C14H24N2S2. The number of unbranched alkanes of at least 4 members (excludes halogenated alkanes) is 2. The van der Waals surface area contributed by atoms with Gasteiger partial charge in [-0.2, -0.15) is 0 Å². The van der Waals surface area contributed by atoms with Gasteiger partial charge in [-0.05, 0) is 36.5 Å². The first-order chi connectivity index (χ1) is 8.70. The third kappa shape index (κ3) is 4.65. The van der Waals surface area contributed by atoms with Crippen LogP contribution in [0.25, 0.3) is 0 Å². The molecule has 0 aliphatic heterocycles. The molecule has 0 atom stereocenters. The highest BCUT2D eigenvalue weighted by Gasteiger charge is 2.09. The summed E-state index contributed by atoms with van der Waals surface area (Å²) in [4.78, 5) is 2.25. The second-order valence-electron chi connectivity index (χ2n) is 4.30. The van der Waals surface area contributed by atoms with Gasteiger partial charge in [-0.1, -0.05) is 26.7 Å². The number of hydrogen-bond donors (Lipinski definition) is 2. The van der Waals surface area contributed by atoms with Crippen molar-refractivity contribution in [2.75, 3.05) is 23.0 Å². The summed E-state index contributed by atoms with van der Waals surface area (Å²) in [5.41, 5.74) is 13.9. The van der Waals surface area contributed by atoms with Gasteiger partial charge in [0.2, 0.25) is 0 Å². The number of nitrogens with two attached hydrogens (primary N) is 2. The molecule has 0 saturated carbocycles. The van der Waals surface area contributed by atoms with Crippen molar-refractivity contribution in [1.82, 2.24) is 0 Å². The summed E-state index contributed by atoms with van der Waals surface area (Å²) in [6.45, 7) is 4.41. The number of thioether (sulfide) groups is 2. The average Bonchev–Trinajstić information content (AvgIpc) is 2.36. The minimum Gasteiger partial charge on any atom is -0.398 e. The molecule has 0 heterocycles. The number of nitrogen functional groups attached to an aromatic ring is 2. The van der Waals surface area contributed by atoms with Crippen molar-refractivity contribution in [3.05, 3.63) is 12.1 Å². The van der Waals surface area contributed by atoms with Crippen molar-refractivity contribution < 1.29 is 0 Å². The molecule has 0 saturated heterocycles. The largest absolute Gasteiger partial charge is 0.398 e. The molecule has 0 aromatic heterocycles. The summed E-state index contributed by atoms with van der Waals surface area (Å²) in [7, 11) is 0. The molecule has 102 valence electrons. The zero-order valence-corrected chi connectivity index (χ0v) is 13.0. The molecule has 18 heavy (non-hydrogen) atoms. The lowest BCUT2D eigenvalue weighted by atomic mass is 10.3. The van der Waals surface area contributed by atoms with Gasteiger partial charge < -0.3 is 11.5 Å². The predicted molar refractivity (Wildman–Crippen MR) is 86.5 cm³/mol. The number of rotatable bonds is 8. The van der Waals surface area contributed by atoms with Crippen LogP contribution in [0.3, 0.4) is 0 Å². The van der Waals surface area contributed by atoms with Gasteiger partial charge in [0.05, 0.1) is 10.6 Å². The van der Waals surface area contributed by atoms with E-state index in [1.807, 2.05) is 17.8 Å². The van der Waals surface area contributed by atoms with Crippen molar-refractivity contribution in [2.24, 2.45) is 0 Å². The Kier molecular flexibility index (Phi) is 7.44. The van der Waals surface area contributed by atoms with Crippen LogP contribution in [-0.4, -0.2) is 11.5 Å². The quantitative estimate of drug-likeness (QED) is 0.415. The molecule has 2 nitrogen and oxygen atoms in total. The van der Waals surface area contributed by atoms with Gasteiger partial charge >= 0.3 is 0 Å². The van der Waals surface area contributed by atoms with Gasteiger partial charge in [0.15, 0.2) is 0 Å². The summed E-state index contributed by atoms with van der Waals surface area (Å²) < 4.78 is 0. The maximum Gasteiger partial charge on any atom is 0.0611 e. The van der Waals surface area contributed by atoms with Gasteiger partial charge in [0.1, 0.15) is 0 Å². The number of anilines is 2. The Bertz CT molecular complexity index is 367. The third-order valence-electron chi connectivity index (χ3n) is 2.69. The molecule has 0 spiro atoms. The molecule has 1 rings (SSSR count). The van der Waals surface area contributed by atoms with Gasteiger partial charge in [-0.3, -0.25) is 0 Å². The molecule has 0 unspecified atom stereocenters. The minimum absolute atomic E-state index is 0.813. The van der Waals surface area contributed by atoms with E-state index >= 15 is 0 Å². The van der Waals surface area contributed by atoms with Crippen LogP contribution in [0.15, 0.2) is 21.9 Å². The third-order valence-corrected chi connectivity index (χ3v) is 5.08. The highest BCUT2D eigenvalue weighted by molar-refractivity contribution is 8.00. The first-order valence-corrected chi connectivity index (χ1v) is 8.61. The van der Waals surface area contributed by atoms with Crippen LogP contribution in [0.5, 0.6) is 0 Å². The standard InChI is InChI=1S/C14H24N2S2/c1-3-5-9-17-12-8-7-11(15)14(13(12)16)18-10-6-4-2/h7-8H,3-6,9-10,15-16H2,1-2H3. The first-order valence-electron chi connectivity index (χ1n) is 6.64. The van der Waals surface area contributed by atoms with Crippen molar-refractivity contribution in [1.29, 1.82) is 0 Å². The molecule has 1 aromatic carbocycles. The molecule has 0 aliphatic carbocycles. The molecule has 1 aromatic rings. The van der Waals surface area contributed by atoms with E-state index in [4.69, 9.17) is 11.5 Å². The second kappa shape index (κ2) is 8.59. The van der Waals surface area contributed by atoms with Gasteiger partial charge in [0.25, 0.3) is 0 Å². The molecule has 0 aliphatic rings. The molecule has 4 N–H and O–H groups in total. The fourth-order valence-electron chi connectivity index (χ4n) is 1.53. The van der Waals surface area contributed by atoms with E-state index in [0.717, 1.165) is 27.8 Å². The van der Waals surface area contributed by atoms with Crippen LogP contribution in [0.4, 0.5) is 11.4 Å². The summed E-state index contributed by atoms with van der Waals surface area (Å²) in [6, 6.07) is 4.04. The van der Waals surface area contributed by atoms with E-state index in [9.17, 15) is 0 Å². The smallest absolute Gasteiger partial charge is 0.0611 e. The lowest BCUT2D eigenvalue weighted by molar-refractivity contribution is 0.895. The zero-order chi connectivity index (χ0) is 13.4. The van der Waals surface area contributed by atoms with E-state index < -0.39 is 0 Å². The van der Waals surface area contributed by atoms with Crippen LogP contribution >= 0.6 is 23.5 Å². The van der Waals surface area contributed by atoms with Crippen LogP contribution in [0, 0.1) is 0 Å². The van der Waals surface area contributed by atoms with E-state index in [-0.39, 0.29) is 0 Å². The average molecular weight is 284 g/mol. The van der Waals surface area contributed by atoms with Crippen LogP contribution < -0.4 is 11.5 Å². The highest BCUT2D eigenvalue weighted by Crippen LogP contribution is 2.38. The zero-order valence-electron chi connectivity index (χ0n) is 11.4. The van der Waals surface area contributed by atoms with Gasteiger partial charge in [-0.15, -0.1) is 23.5 Å². The highest BCUT2D eigenvalue weighted by atomic mass is 32.2. The van der Waals surface area contributed by atoms with Crippen molar-refractivity contribution in [2.45, 2.75) is 49.3 Å². The number of hydrogen-bond acceptors (Lipinski definition) is 4. The van der Waals surface area contributed by atoms with E-state index in [1.165, 1.54) is 30.6 Å². The maximum atomic E-state index is 6.23. The first kappa shape index (κ1) is 15.6. The fourth-order valence-corrected chi connectivity index (χ4v) is 3.81. The summed E-state index contributed by atoms with van der Waals surface area (Å²) in [6.07, 6.45) is 4.86. The van der Waals surface area contributed by atoms with Crippen molar-refractivity contribution >= 4 is 34.9 Å². The van der Waals surface area contributed by atoms with Crippen LogP contribution in [0.2, 0.25) is 0 Å². The minimum atomic E-state index is 0.813. The predicted octanol–water partition coefficient (Wildman–Crippen LogP) is 4.64. The number of benzene rings is 1. The van der Waals surface area contributed by atoms with Crippen LogP contribution in [0.1, 0.15) is 39.5 Å². The van der Waals surface area contributed by atoms with Gasteiger partial charge in [0, 0.05) is 10.6 Å². The lowest BCUT2D eigenvalue weighted by Gasteiger charge is -2.12. The van der Waals surface area contributed by atoms with Crippen LogP contribution in [-0.2, 0) is 0 Å². The van der Waals surface area contributed by atoms with Gasteiger partial charge in [-0.25, -0.2) is 0 Å². The van der Waals surface area contributed by atoms with Crippen molar-refractivity contribution in [3.8, 4) is 0 Å². The normalized spacial score (nSPS) is 10.8. The Hall–Kier alpha value is -0.480. The maximum absolute atomic E-state index is 6.23. The Morgan fingerprint density at radius 1 is 0.944 bits per heavy atom. The summed E-state index contributed by atoms with van der Waals surface area (Å²) in [5, 5.41) is 0. The second-order valence-corrected chi connectivity index (χ2v) is 6.54. The Morgan fingerprint density at radius 2 is 1.56 bits per heavy atom. The SMILES string of the molecule is CCCCSc1ccc(N)c(SCCCC)c1N.